The highest BCUT2D eigenvalue weighted by Crippen LogP contribution is 2.39. The fourth-order valence-corrected chi connectivity index (χ4v) is 4.21. The van der Waals surface area contributed by atoms with Gasteiger partial charge in [-0.05, 0) is 25.0 Å². The first kappa shape index (κ1) is 18.3. The number of anilines is 1. The number of hydrogen-bond acceptors (Lipinski definition) is 4. The number of hydrogen-bond donors (Lipinski definition) is 1. The highest BCUT2D eigenvalue weighted by Gasteiger charge is 2.55. The molecule has 1 aliphatic carbocycles. The molecule has 1 aromatic carbocycles. The van der Waals surface area contributed by atoms with E-state index in [-0.39, 0.29) is 18.0 Å². The molecule has 1 aromatic heterocycles. The van der Waals surface area contributed by atoms with Gasteiger partial charge >= 0.3 is 6.03 Å². The highest BCUT2D eigenvalue weighted by molar-refractivity contribution is 6.10. The van der Waals surface area contributed by atoms with Crippen molar-refractivity contribution in [2.45, 2.75) is 37.6 Å². The minimum atomic E-state index is -0.808. The molecule has 8 heteroatoms. The van der Waals surface area contributed by atoms with Crippen LogP contribution >= 0.6 is 0 Å². The Kier molecular flexibility index (Phi) is 4.49. The smallest absolute Gasteiger partial charge is 0.323 e. The lowest BCUT2D eigenvalue weighted by molar-refractivity contribution is -0.136. The first-order valence-electron chi connectivity index (χ1n) is 9.36. The lowest BCUT2D eigenvalue weighted by Gasteiger charge is -2.35. The Balaban J connectivity index is 1.49. The zero-order chi connectivity index (χ0) is 19.9. The van der Waals surface area contributed by atoms with Gasteiger partial charge in [0, 0.05) is 12.4 Å². The monoisotopic (exact) mass is 384 g/mol. The van der Waals surface area contributed by atoms with Gasteiger partial charge in [-0.1, -0.05) is 31.4 Å². The molecule has 0 radical (unpaired) electrons. The van der Waals surface area contributed by atoms with E-state index in [1.165, 1.54) is 17.2 Å². The minimum absolute atomic E-state index is 0.214. The van der Waals surface area contributed by atoms with Gasteiger partial charge in [0.2, 0.25) is 5.91 Å². The number of carbonyl (C=O) groups is 3. The van der Waals surface area contributed by atoms with Crippen molar-refractivity contribution >= 4 is 34.4 Å². The van der Waals surface area contributed by atoms with Crippen molar-refractivity contribution in [1.29, 1.82) is 0 Å². The van der Waals surface area contributed by atoms with E-state index in [4.69, 9.17) is 0 Å². The Labute approximate surface area is 161 Å². The fourth-order valence-electron chi connectivity index (χ4n) is 4.21. The number of imide groups is 1. The van der Waals surface area contributed by atoms with Crippen LogP contribution in [-0.4, -0.2) is 51.8 Å². The normalized spacial score (nSPS) is 18.9. The molecule has 0 atom stereocenters. The van der Waals surface area contributed by atoms with Gasteiger partial charge in [-0.2, -0.15) is 0 Å². The molecule has 0 bridgehead atoms. The Morgan fingerprint density at radius 1 is 1.25 bits per heavy atom. The number of nitrogens with zero attached hydrogens (tertiary/aromatic N) is 3. The van der Waals surface area contributed by atoms with E-state index in [1.54, 1.807) is 25.2 Å². The van der Waals surface area contributed by atoms with Gasteiger partial charge in [-0.3, -0.25) is 19.5 Å². The van der Waals surface area contributed by atoms with Crippen molar-refractivity contribution in [1.82, 2.24) is 14.8 Å². The second-order valence-corrected chi connectivity index (χ2v) is 7.41. The van der Waals surface area contributed by atoms with Crippen molar-refractivity contribution in [3.05, 3.63) is 36.3 Å². The van der Waals surface area contributed by atoms with Crippen LogP contribution in [0.2, 0.25) is 0 Å². The van der Waals surface area contributed by atoms with Crippen LogP contribution in [0.15, 0.2) is 30.5 Å². The Hall–Kier alpha value is -3.03. The number of amides is 4. The Bertz CT molecular complexity index is 971. The van der Waals surface area contributed by atoms with Crippen LogP contribution in [0.5, 0.6) is 0 Å². The molecule has 28 heavy (non-hydrogen) atoms. The first-order valence-corrected chi connectivity index (χ1v) is 9.36. The number of aromatic nitrogens is 1. The predicted octanol–water partition coefficient (Wildman–Crippen LogP) is 2.91. The number of pyridine rings is 1. The van der Waals surface area contributed by atoms with Crippen molar-refractivity contribution in [3.8, 4) is 0 Å². The minimum Gasteiger partial charge on any atom is -0.323 e. The lowest BCUT2D eigenvalue weighted by atomic mass is 9.81. The molecule has 146 valence electrons. The summed E-state index contributed by atoms with van der Waals surface area (Å²) in [6.07, 6.45) is 5.45. The van der Waals surface area contributed by atoms with Gasteiger partial charge in [0.25, 0.3) is 5.91 Å². The molecule has 1 spiro atoms. The fraction of sp³-hybridized carbons (Fsp3) is 0.400. The molecule has 1 aliphatic heterocycles. The number of carbonyl (C=O) groups excluding carboxylic acids is 3. The average molecular weight is 384 g/mol. The SMILES string of the molecule is CN1C(=O)N(CC(=O)Nc2cnc3c(F)cccc3c2)C(=O)C12CCCCC2. The number of rotatable bonds is 3. The van der Waals surface area contributed by atoms with Crippen molar-refractivity contribution < 1.29 is 18.8 Å². The van der Waals surface area contributed by atoms with E-state index in [1.807, 2.05) is 0 Å². The van der Waals surface area contributed by atoms with E-state index in [2.05, 4.69) is 10.3 Å². The highest BCUT2D eigenvalue weighted by atomic mass is 19.1. The summed E-state index contributed by atoms with van der Waals surface area (Å²) in [6, 6.07) is 5.73. The van der Waals surface area contributed by atoms with E-state index in [9.17, 15) is 18.8 Å². The lowest BCUT2D eigenvalue weighted by Crippen LogP contribution is -2.49. The van der Waals surface area contributed by atoms with Crippen LogP contribution in [0.4, 0.5) is 14.9 Å². The third-order valence-electron chi connectivity index (χ3n) is 5.73. The summed E-state index contributed by atoms with van der Waals surface area (Å²) >= 11 is 0. The Morgan fingerprint density at radius 2 is 2.00 bits per heavy atom. The largest absolute Gasteiger partial charge is 0.327 e. The van der Waals surface area contributed by atoms with Gasteiger partial charge in [0.1, 0.15) is 23.4 Å². The number of para-hydroxylation sites is 1. The average Bonchev–Trinajstić information content (AvgIpc) is 2.85. The van der Waals surface area contributed by atoms with E-state index in [0.717, 1.165) is 24.2 Å². The summed E-state index contributed by atoms with van der Waals surface area (Å²) in [5.41, 5.74) is -0.216. The number of benzene rings is 1. The van der Waals surface area contributed by atoms with Gasteiger partial charge in [0.15, 0.2) is 0 Å². The number of halogens is 1. The van der Waals surface area contributed by atoms with Crippen molar-refractivity contribution in [2.75, 3.05) is 18.9 Å². The molecule has 2 aromatic rings. The maximum absolute atomic E-state index is 13.7. The Morgan fingerprint density at radius 3 is 2.75 bits per heavy atom. The standard InChI is InChI=1S/C20H21FN4O3/c1-24-19(28)25(18(27)20(24)8-3-2-4-9-20)12-16(26)23-14-10-13-6-5-7-15(21)17(13)22-11-14/h5-7,10-11H,2-4,8-9,12H2,1H3,(H,23,26). The third kappa shape index (κ3) is 2.89. The van der Waals surface area contributed by atoms with Crippen LogP contribution in [-0.2, 0) is 9.59 Å². The zero-order valence-electron chi connectivity index (χ0n) is 15.6. The van der Waals surface area contributed by atoms with Gasteiger partial charge < -0.3 is 10.2 Å². The summed E-state index contributed by atoms with van der Waals surface area (Å²) in [5.74, 6) is -1.24. The van der Waals surface area contributed by atoms with Crippen LogP contribution in [0, 0.1) is 5.82 Å². The molecular weight excluding hydrogens is 363 g/mol. The van der Waals surface area contributed by atoms with Crippen molar-refractivity contribution in [3.63, 3.8) is 0 Å². The van der Waals surface area contributed by atoms with Crippen molar-refractivity contribution in [2.24, 2.45) is 0 Å². The molecule has 2 aliphatic rings. The first-order chi connectivity index (χ1) is 13.4. The van der Waals surface area contributed by atoms with Gasteiger partial charge in [-0.25, -0.2) is 9.18 Å². The molecule has 4 amide bonds. The summed E-state index contributed by atoms with van der Waals surface area (Å²) in [5, 5.41) is 3.19. The van der Waals surface area contributed by atoms with Crippen LogP contribution in [0.1, 0.15) is 32.1 Å². The number of urea groups is 1. The van der Waals surface area contributed by atoms with Crippen LogP contribution in [0.3, 0.4) is 0 Å². The predicted molar refractivity (Wildman–Crippen MR) is 101 cm³/mol. The van der Waals surface area contributed by atoms with E-state index in [0.29, 0.717) is 23.9 Å². The molecule has 4 rings (SSSR count). The number of nitrogens with one attached hydrogen (secondary N) is 1. The molecule has 1 N–H and O–H groups in total. The summed E-state index contributed by atoms with van der Waals surface area (Å²) in [7, 11) is 1.63. The molecule has 1 saturated heterocycles. The molecule has 2 heterocycles. The maximum atomic E-state index is 13.7. The van der Waals surface area contributed by atoms with Crippen LogP contribution < -0.4 is 5.32 Å². The number of likely N-dealkylation sites (N-methyl/N-ethyl adjacent to an activating group) is 1. The van der Waals surface area contributed by atoms with E-state index < -0.39 is 23.3 Å². The summed E-state index contributed by atoms with van der Waals surface area (Å²) < 4.78 is 13.7. The molecule has 7 nitrogen and oxygen atoms in total. The molecule has 0 unspecified atom stereocenters. The van der Waals surface area contributed by atoms with Gasteiger partial charge in [-0.15, -0.1) is 0 Å². The van der Waals surface area contributed by atoms with Gasteiger partial charge in [0.05, 0.1) is 11.9 Å². The molecule has 2 fully saturated rings. The summed E-state index contributed by atoms with van der Waals surface area (Å²) in [6.45, 7) is -0.356. The number of fused-ring (bicyclic) bond motifs is 1. The summed E-state index contributed by atoms with van der Waals surface area (Å²) in [4.78, 5) is 44.5. The maximum Gasteiger partial charge on any atom is 0.327 e. The van der Waals surface area contributed by atoms with Crippen LogP contribution in [0.25, 0.3) is 10.9 Å². The zero-order valence-corrected chi connectivity index (χ0v) is 15.6. The second kappa shape index (κ2) is 6.85. The third-order valence-corrected chi connectivity index (χ3v) is 5.73. The second-order valence-electron chi connectivity index (χ2n) is 7.41. The topological polar surface area (TPSA) is 82.6 Å². The molecular formula is C20H21FN4O3. The molecule has 1 saturated carbocycles. The van der Waals surface area contributed by atoms with E-state index >= 15 is 0 Å². The quantitative estimate of drug-likeness (QED) is 0.825.